The minimum absolute atomic E-state index is 0.0494. The fourth-order valence-corrected chi connectivity index (χ4v) is 5.67. The van der Waals surface area contributed by atoms with E-state index in [1.54, 1.807) is 0 Å². The van der Waals surface area contributed by atoms with Crippen molar-refractivity contribution in [3.8, 4) is 0 Å². The molecular weight excluding hydrogens is 439 g/mol. The van der Waals surface area contributed by atoms with Crippen LogP contribution in [0.3, 0.4) is 0 Å². The molecule has 3 aromatic rings. The zero-order valence-electron chi connectivity index (χ0n) is 15.3. The van der Waals surface area contributed by atoms with Gasteiger partial charge in [-0.2, -0.15) is 4.99 Å². The molecule has 1 aromatic heterocycles. The predicted octanol–water partition coefficient (Wildman–Crippen LogP) is 4.54. The molecule has 1 amide bonds. The molecule has 9 heteroatoms. The van der Waals surface area contributed by atoms with Crippen LogP contribution in [-0.4, -0.2) is 24.6 Å². The summed E-state index contributed by atoms with van der Waals surface area (Å²) in [7, 11) is -1.63. The van der Waals surface area contributed by atoms with Crippen LogP contribution in [-0.2, 0) is 21.7 Å². The van der Waals surface area contributed by atoms with Gasteiger partial charge in [0.15, 0.2) is 14.6 Å². The maximum absolute atomic E-state index is 12.3. The topological polar surface area (TPSA) is 68.5 Å². The summed E-state index contributed by atoms with van der Waals surface area (Å²) in [6.45, 7) is 1.97. The van der Waals surface area contributed by atoms with Gasteiger partial charge >= 0.3 is 0 Å². The molecule has 148 valence electrons. The van der Waals surface area contributed by atoms with Gasteiger partial charge in [-0.15, -0.1) is 0 Å². The van der Waals surface area contributed by atoms with Gasteiger partial charge in [0.1, 0.15) is 0 Å². The first kappa shape index (κ1) is 21.0. The Balaban J connectivity index is 1.73. The highest BCUT2D eigenvalue weighted by molar-refractivity contribution is 7.91. The highest BCUT2D eigenvalue weighted by Crippen LogP contribution is 2.28. The standard InChI is InChI=1S/C19H18Cl2N2O3S2/c1-12-5-10-15(21)18-17(12)23(2)19(27-18)22-16(24)4-3-11-28(25,26)14-8-6-13(20)7-9-14/h5-10H,3-4,11H2,1-2H3. The van der Waals surface area contributed by atoms with E-state index < -0.39 is 9.84 Å². The number of aryl methyl sites for hydroxylation is 2. The Labute approximate surface area is 177 Å². The number of hydrogen-bond acceptors (Lipinski definition) is 4. The average molecular weight is 457 g/mol. The van der Waals surface area contributed by atoms with E-state index in [4.69, 9.17) is 23.2 Å². The van der Waals surface area contributed by atoms with Crippen LogP contribution in [0, 0.1) is 6.92 Å². The Kier molecular flexibility index (Phi) is 6.29. The van der Waals surface area contributed by atoms with Crippen LogP contribution >= 0.6 is 34.5 Å². The molecule has 0 atom stereocenters. The van der Waals surface area contributed by atoms with E-state index in [2.05, 4.69) is 4.99 Å². The van der Waals surface area contributed by atoms with E-state index >= 15 is 0 Å². The number of carbonyl (C=O) groups is 1. The van der Waals surface area contributed by atoms with Gasteiger partial charge in [-0.1, -0.05) is 40.6 Å². The monoisotopic (exact) mass is 456 g/mol. The first-order chi connectivity index (χ1) is 13.2. The molecule has 0 saturated carbocycles. The molecule has 0 unspecified atom stereocenters. The minimum Gasteiger partial charge on any atom is -0.319 e. The fourth-order valence-electron chi connectivity index (χ4n) is 2.85. The van der Waals surface area contributed by atoms with Gasteiger partial charge in [-0.05, 0) is 49.2 Å². The fraction of sp³-hybridized carbons (Fsp3) is 0.263. The maximum atomic E-state index is 12.3. The molecule has 0 aliphatic rings. The Morgan fingerprint density at radius 3 is 2.46 bits per heavy atom. The molecule has 1 heterocycles. The Morgan fingerprint density at radius 2 is 1.82 bits per heavy atom. The number of rotatable bonds is 5. The highest BCUT2D eigenvalue weighted by atomic mass is 35.5. The molecule has 5 nitrogen and oxygen atoms in total. The van der Waals surface area contributed by atoms with Crippen LogP contribution in [0.5, 0.6) is 0 Å². The number of hydrogen-bond donors (Lipinski definition) is 0. The van der Waals surface area contributed by atoms with Gasteiger partial charge in [0.2, 0.25) is 5.91 Å². The normalized spacial score (nSPS) is 12.6. The lowest BCUT2D eigenvalue weighted by Gasteiger charge is -2.03. The lowest BCUT2D eigenvalue weighted by atomic mass is 10.2. The second kappa shape index (κ2) is 8.37. The smallest absolute Gasteiger partial charge is 0.248 e. The molecule has 0 aliphatic carbocycles. The number of halogens is 2. The number of nitrogens with zero attached hydrogens (tertiary/aromatic N) is 2. The second-order valence-corrected chi connectivity index (χ2v) is 10.3. The van der Waals surface area contributed by atoms with E-state index in [9.17, 15) is 13.2 Å². The number of thiazole rings is 1. The van der Waals surface area contributed by atoms with E-state index in [0.717, 1.165) is 15.8 Å². The van der Waals surface area contributed by atoms with Crippen LogP contribution in [0.25, 0.3) is 10.2 Å². The molecule has 0 radical (unpaired) electrons. The van der Waals surface area contributed by atoms with Crippen molar-refractivity contribution in [2.75, 3.05) is 5.75 Å². The van der Waals surface area contributed by atoms with Crippen LogP contribution in [0.15, 0.2) is 46.3 Å². The zero-order valence-corrected chi connectivity index (χ0v) is 18.4. The van der Waals surface area contributed by atoms with Crippen molar-refractivity contribution >= 4 is 60.5 Å². The van der Waals surface area contributed by atoms with Crippen molar-refractivity contribution in [3.05, 3.63) is 56.8 Å². The molecule has 0 saturated heterocycles. The zero-order chi connectivity index (χ0) is 20.5. The van der Waals surface area contributed by atoms with Crippen LogP contribution in [0.2, 0.25) is 10.0 Å². The Hall–Kier alpha value is -1.67. The maximum Gasteiger partial charge on any atom is 0.248 e. The first-order valence-corrected chi connectivity index (χ1v) is 11.7. The Bertz CT molecular complexity index is 1210. The van der Waals surface area contributed by atoms with E-state index in [-0.39, 0.29) is 29.4 Å². The second-order valence-electron chi connectivity index (χ2n) is 6.37. The lowest BCUT2D eigenvalue weighted by molar-refractivity contribution is -0.118. The number of aromatic nitrogens is 1. The largest absolute Gasteiger partial charge is 0.319 e. The summed E-state index contributed by atoms with van der Waals surface area (Å²) < 4.78 is 27.4. The van der Waals surface area contributed by atoms with Crippen molar-refractivity contribution in [3.63, 3.8) is 0 Å². The third kappa shape index (κ3) is 4.49. The number of sulfone groups is 1. The van der Waals surface area contributed by atoms with Crippen molar-refractivity contribution in [1.82, 2.24) is 4.57 Å². The van der Waals surface area contributed by atoms with Crippen molar-refractivity contribution in [1.29, 1.82) is 0 Å². The van der Waals surface area contributed by atoms with E-state index in [1.807, 2.05) is 30.7 Å². The van der Waals surface area contributed by atoms with Gasteiger partial charge in [0.25, 0.3) is 0 Å². The number of carbonyl (C=O) groups excluding carboxylic acids is 1. The molecule has 0 N–H and O–H groups in total. The van der Waals surface area contributed by atoms with Crippen LogP contribution in [0.1, 0.15) is 18.4 Å². The lowest BCUT2D eigenvalue weighted by Crippen LogP contribution is -2.14. The molecule has 3 rings (SSSR count). The molecule has 0 aliphatic heterocycles. The summed E-state index contributed by atoms with van der Waals surface area (Å²) in [5.41, 5.74) is 1.98. The summed E-state index contributed by atoms with van der Waals surface area (Å²) in [4.78, 5) is 17.1. The van der Waals surface area contributed by atoms with Gasteiger partial charge in [0, 0.05) is 18.5 Å². The van der Waals surface area contributed by atoms with Crippen molar-refractivity contribution < 1.29 is 13.2 Å². The van der Waals surface area contributed by atoms with E-state index in [1.165, 1.54) is 35.6 Å². The summed E-state index contributed by atoms with van der Waals surface area (Å²) in [5.74, 6) is -0.485. The average Bonchev–Trinajstić information content (AvgIpc) is 2.96. The summed E-state index contributed by atoms with van der Waals surface area (Å²) in [6.07, 6.45) is 0.246. The SMILES string of the molecule is Cc1ccc(Cl)c2sc(=NC(=O)CCCS(=O)(=O)c3ccc(Cl)cc3)n(C)c12. The van der Waals surface area contributed by atoms with Gasteiger partial charge in [0.05, 0.1) is 25.9 Å². The predicted molar refractivity (Wildman–Crippen MR) is 114 cm³/mol. The minimum atomic E-state index is -3.46. The van der Waals surface area contributed by atoms with Crippen LogP contribution < -0.4 is 4.80 Å². The number of fused-ring (bicyclic) bond motifs is 1. The number of benzene rings is 2. The van der Waals surface area contributed by atoms with Crippen LogP contribution in [0.4, 0.5) is 0 Å². The summed E-state index contributed by atoms with van der Waals surface area (Å²) >= 11 is 13.4. The van der Waals surface area contributed by atoms with Gasteiger partial charge < -0.3 is 4.57 Å². The first-order valence-electron chi connectivity index (χ1n) is 8.49. The third-order valence-electron chi connectivity index (χ3n) is 4.30. The van der Waals surface area contributed by atoms with Crippen molar-refractivity contribution in [2.24, 2.45) is 12.0 Å². The van der Waals surface area contributed by atoms with Gasteiger partial charge in [-0.25, -0.2) is 8.42 Å². The molecular formula is C19H18Cl2N2O3S2. The molecule has 28 heavy (non-hydrogen) atoms. The van der Waals surface area contributed by atoms with Gasteiger partial charge in [-0.3, -0.25) is 4.79 Å². The third-order valence-corrected chi connectivity index (χ3v) is 7.96. The van der Waals surface area contributed by atoms with Crippen molar-refractivity contribution in [2.45, 2.75) is 24.7 Å². The Morgan fingerprint density at radius 1 is 1.14 bits per heavy atom. The molecule has 2 aromatic carbocycles. The summed E-state index contributed by atoms with van der Waals surface area (Å²) in [5, 5.41) is 1.09. The molecule has 0 spiro atoms. The molecule has 0 fully saturated rings. The summed E-state index contributed by atoms with van der Waals surface area (Å²) in [6, 6.07) is 9.74. The highest BCUT2D eigenvalue weighted by Gasteiger charge is 2.15. The quantitative estimate of drug-likeness (QED) is 0.565. The molecule has 0 bridgehead atoms. The van der Waals surface area contributed by atoms with E-state index in [0.29, 0.717) is 14.8 Å². The number of amides is 1.